The van der Waals surface area contributed by atoms with Gasteiger partial charge in [0.05, 0.1) is 18.2 Å². The fourth-order valence-electron chi connectivity index (χ4n) is 3.85. The third kappa shape index (κ3) is 1.32. The summed E-state index contributed by atoms with van der Waals surface area (Å²) >= 11 is 0. The van der Waals surface area contributed by atoms with Crippen LogP contribution in [0, 0.1) is 5.41 Å². The molecule has 1 saturated carbocycles. The third-order valence-electron chi connectivity index (χ3n) is 5.11. The van der Waals surface area contributed by atoms with Gasteiger partial charge in [-0.05, 0) is 32.1 Å². The second-order valence-corrected chi connectivity index (χ2v) is 6.05. The lowest BCUT2D eigenvalue weighted by Gasteiger charge is -2.46. The van der Waals surface area contributed by atoms with Gasteiger partial charge in [-0.25, -0.2) is 4.79 Å². The van der Waals surface area contributed by atoms with Crippen molar-refractivity contribution in [3.63, 3.8) is 0 Å². The summed E-state index contributed by atoms with van der Waals surface area (Å²) in [6.45, 7) is 0. The molecule has 6 nitrogen and oxygen atoms in total. The molecule has 2 bridgehead atoms. The van der Waals surface area contributed by atoms with Gasteiger partial charge in [-0.2, -0.15) is 0 Å². The Morgan fingerprint density at radius 1 is 1.21 bits per heavy atom. The van der Waals surface area contributed by atoms with Crippen LogP contribution >= 0.6 is 0 Å². The van der Waals surface area contributed by atoms with E-state index in [1.54, 1.807) is 0 Å². The SMILES string of the molecule is O=C1NC(=O)C2(CCC2)C(=O)N1C1CC2CCC1O2. The number of amides is 4. The zero-order chi connectivity index (χ0) is 13.2. The average Bonchev–Trinajstić information content (AvgIpc) is 2.88. The summed E-state index contributed by atoms with van der Waals surface area (Å²) < 4.78 is 5.72. The summed E-state index contributed by atoms with van der Waals surface area (Å²) in [7, 11) is 0. The van der Waals surface area contributed by atoms with Crippen molar-refractivity contribution in [1.29, 1.82) is 0 Å². The molecule has 1 aliphatic carbocycles. The summed E-state index contributed by atoms with van der Waals surface area (Å²) in [4.78, 5) is 37.8. The molecule has 3 heterocycles. The molecule has 3 saturated heterocycles. The molecule has 4 rings (SSSR count). The Hall–Kier alpha value is -1.43. The van der Waals surface area contributed by atoms with E-state index in [0.717, 1.165) is 19.3 Å². The van der Waals surface area contributed by atoms with Crippen molar-refractivity contribution in [3.8, 4) is 0 Å². The molecule has 3 atom stereocenters. The van der Waals surface area contributed by atoms with Gasteiger partial charge in [-0.1, -0.05) is 6.42 Å². The van der Waals surface area contributed by atoms with Crippen LogP contribution in [0.1, 0.15) is 38.5 Å². The van der Waals surface area contributed by atoms with Crippen LogP contribution in [0.4, 0.5) is 4.79 Å². The third-order valence-corrected chi connectivity index (χ3v) is 5.11. The number of ether oxygens (including phenoxy) is 1. The number of nitrogens with zero attached hydrogens (tertiary/aromatic N) is 1. The minimum Gasteiger partial charge on any atom is -0.373 e. The number of rotatable bonds is 1. The number of barbiturate groups is 1. The van der Waals surface area contributed by atoms with Gasteiger partial charge in [0.15, 0.2) is 0 Å². The van der Waals surface area contributed by atoms with Gasteiger partial charge < -0.3 is 4.74 Å². The van der Waals surface area contributed by atoms with Crippen LogP contribution in [0.5, 0.6) is 0 Å². The van der Waals surface area contributed by atoms with Crippen molar-refractivity contribution in [1.82, 2.24) is 10.2 Å². The van der Waals surface area contributed by atoms with Crippen molar-refractivity contribution in [2.45, 2.75) is 56.8 Å². The molecule has 3 aliphatic heterocycles. The van der Waals surface area contributed by atoms with E-state index in [9.17, 15) is 14.4 Å². The molecule has 4 amide bonds. The second-order valence-electron chi connectivity index (χ2n) is 6.05. The molecule has 19 heavy (non-hydrogen) atoms. The highest BCUT2D eigenvalue weighted by atomic mass is 16.5. The average molecular weight is 264 g/mol. The first kappa shape index (κ1) is 11.4. The van der Waals surface area contributed by atoms with Gasteiger partial charge in [-0.3, -0.25) is 19.8 Å². The number of hydrogen-bond donors (Lipinski definition) is 1. The van der Waals surface area contributed by atoms with Crippen LogP contribution in [0.3, 0.4) is 0 Å². The predicted octanol–water partition coefficient (Wildman–Crippen LogP) is 0.555. The fraction of sp³-hybridized carbons (Fsp3) is 0.769. The maximum Gasteiger partial charge on any atom is 0.331 e. The summed E-state index contributed by atoms with van der Waals surface area (Å²) in [6, 6.07) is -0.745. The van der Waals surface area contributed by atoms with E-state index >= 15 is 0 Å². The highest BCUT2D eigenvalue weighted by Gasteiger charge is 2.60. The van der Waals surface area contributed by atoms with E-state index in [0.29, 0.717) is 19.3 Å². The molecule has 102 valence electrons. The highest BCUT2D eigenvalue weighted by Crippen LogP contribution is 2.47. The van der Waals surface area contributed by atoms with E-state index in [1.807, 2.05) is 0 Å². The van der Waals surface area contributed by atoms with Gasteiger partial charge in [0.1, 0.15) is 5.41 Å². The number of nitrogens with one attached hydrogen (secondary N) is 1. The molecular formula is C13H16N2O4. The molecule has 0 radical (unpaired) electrons. The van der Waals surface area contributed by atoms with Crippen LogP contribution in [-0.2, 0) is 14.3 Å². The minimum absolute atomic E-state index is 0.0370. The number of imide groups is 2. The van der Waals surface area contributed by atoms with Gasteiger partial charge in [0, 0.05) is 0 Å². The van der Waals surface area contributed by atoms with Crippen molar-refractivity contribution in [3.05, 3.63) is 0 Å². The van der Waals surface area contributed by atoms with Crippen LogP contribution < -0.4 is 5.32 Å². The van der Waals surface area contributed by atoms with Crippen LogP contribution in [0.15, 0.2) is 0 Å². The Kier molecular flexibility index (Phi) is 2.14. The maximum absolute atomic E-state index is 12.6. The van der Waals surface area contributed by atoms with Gasteiger partial charge >= 0.3 is 6.03 Å². The first-order valence-corrected chi connectivity index (χ1v) is 6.96. The number of fused-ring (bicyclic) bond motifs is 2. The first-order valence-electron chi connectivity index (χ1n) is 6.96. The van der Waals surface area contributed by atoms with E-state index in [-0.39, 0.29) is 24.2 Å². The number of carbonyl (C=O) groups excluding carboxylic acids is 3. The first-order chi connectivity index (χ1) is 9.12. The molecule has 4 fully saturated rings. The molecule has 0 aromatic heterocycles. The lowest BCUT2D eigenvalue weighted by molar-refractivity contribution is -0.159. The van der Waals surface area contributed by atoms with Crippen molar-refractivity contribution < 1.29 is 19.1 Å². The van der Waals surface area contributed by atoms with E-state index in [2.05, 4.69) is 5.32 Å². The highest BCUT2D eigenvalue weighted by molar-refractivity contribution is 6.19. The van der Waals surface area contributed by atoms with Gasteiger partial charge in [0.2, 0.25) is 11.8 Å². The maximum atomic E-state index is 12.6. The van der Waals surface area contributed by atoms with Crippen LogP contribution in [0.25, 0.3) is 0 Å². The number of urea groups is 1. The Balaban J connectivity index is 1.65. The van der Waals surface area contributed by atoms with Crippen LogP contribution in [0.2, 0.25) is 0 Å². The molecule has 1 N–H and O–H groups in total. The monoisotopic (exact) mass is 264 g/mol. The van der Waals surface area contributed by atoms with Crippen LogP contribution in [-0.4, -0.2) is 41.0 Å². The van der Waals surface area contributed by atoms with Crippen molar-refractivity contribution >= 4 is 17.8 Å². The minimum atomic E-state index is -0.963. The molecule has 4 aliphatic rings. The topological polar surface area (TPSA) is 75.7 Å². The van der Waals surface area contributed by atoms with Gasteiger partial charge in [0.25, 0.3) is 0 Å². The largest absolute Gasteiger partial charge is 0.373 e. The van der Waals surface area contributed by atoms with Crippen molar-refractivity contribution in [2.75, 3.05) is 0 Å². The lowest BCUT2D eigenvalue weighted by atomic mass is 9.66. The fourth-order valence-corrected chi connectivity index (χ4v) is 3.85. The Morgan fingerprint density at radius 2 is 2.00 bits per heavy atom. The molecule has 6 heteroatoms. The molecular weight excluding hydrogens is 248 g/mol. The Labute approximate surface area is 110 Å². The Bertz CT molecular complexity index is 485. The standard InChI is InChI=1S/C13H16N2O4/c16-10-13(4-1-5-13)11(17)15(12(18)14-10)8-6-7-2-3-9(8)19-7/h7-9H,1-6H2,(H,14,16,18). The number of carbonyl (C=O) groups is 3. The summed E-state index contributed by atoms with van der Waals surface area (Å²) in [6.07, 6.45) is 4.74. The number of hydrogen-bond acceptors (Lipinski definition) is 4. The quantitative estimate of drug-likeness (QED) is 0.702. The van der Waals surface area contributed by atoms with Gasteiger partial charge in [-0.15, -0.1) is 0 Å². The smallest absolute Gasteiger partial charge is 0.331 e. The van der Waals surface area contributed by atoms with E-state index < -0.39 is 17.4 Å². The zero-order valence-electron chi connectivity index (χ0n) is 10.6. The summed E-state index contributed by atoms with van der Waals surface area (Å²) in [5.74, 6) is -0.706. The lowest BCUT2D eigenvalue weighted by Crippen LogP contribution is -2.69. The molecule has 0 aromatic carbocycles. The van der Waals surface area contributed by atoms with E-state index in [4.69, 9.17) is 4.74 Å². The van der Waals surface area contributed by atoms with E-state index in [1.165, 1.54) is 4.90 Å². The molecule has 3 unspecified atom stereocenters. The van der Waals surface area contributed by atoms with Crippen molar-refractivity contribution in [2.24, 2.45) is 5.41 Å². The summed E-state index contributed by atoms with van der Waals surface area (Å²) in [5, 5.41) is 2.36. The summed E-state index contributed by atoms with van der Waals surface area (Å²) in [5.41, 5.74) is -0.963. The Morgan fingerprint density at radius 3 is 2.53 bits per heavy atom. The zero-order valence-corrected chi connectivity index (χ0v) is 10.6. The normalized spacial score (nSPS) is 39.7. The molecule has 0 aromatic rings. The second kappa shape index (κ2) is 3.56. The predicted molar refractivity (Wildman–Crippen MR) is 63.0 cm³/mol. The molecule has 1 spiro atoms.